The first-order chi connectivity index (χ1) is 15.0. The van der Waals surface area contributed by atoms with Crippen LogP contribution in [0.5, 0.6) is 5.75 Å². The Labute approximate surface area is 182 Å². The lowest BCUT2D eigenvalue weighted by molar-refractivity contribution is -0.112. The molecule has 0 bridgehead atoms. The minimum Gasteiger partial charge on any atom is -0.497 e. The molecule has 2 aromatic carbocycles. The number of aliphatic imine (C=N–C) groups is 1. The third-order valence-electron chi connectivity index (χ3n) is 6.18. The maximum Gasteiger partial charge on any atom is 0.278 e. The molecular formula is C25H27N3O3. The van der Waals surface area contributed by atoms with Gasteiger partial charge in [0.15, 0.2) is 0 Å². The SMILES string of the molecule is COc1ccc(N=C2C(=O)N3c4c(cccc42)C(CN2CCOCC2)=CC3(C)C)cc1. The number of morpholine rings is 1. The molecule has 0 N–H and O–H groups in total. The second kappa shape index (κ2) is 7.62. The number of para-hydroxylation sites is 1. The molecule has 2 aromatic rings. The molecule has 0 atom stereocenters. The maximum atomic E-state index is 13.5. The molecule has 31 heavy (non-hydrogen) atoms. The number of hydrogen-bond acceptors (Lipinski definition) is 5. The Bertz CT molecular complexity index is 1080. The van der Waals surface area contributed by atoms with Gasteiger partial charge in [0.25, 0.3) is 5.91 Å². The van der Waals surface area contributed by atoms with Crippen molar-refractivity contribution in [3.63, 3.8) is 0 Å². The van der Waals surface area contributed by atoms with Gasteiger partial charge in [-0.05, 0) is 43.7 Å². The zero-order chi connectivity index (χ0) is 21.6. The lowest BCUT2D eigenvalue weighted by atomic mass is 9.88. The van der Waals surface area contributed by atoms with E-state index in [0.29, 0.717) is 5.71 Å². The number of amides is 1. The monoisotopic (exact) mass is 417 g/mol. The summed E-state index contributed by atoms with van der Waals surface area (Å²) in [6, 6.07) is 13.6. The fourth-order valence-corrected chi connectivity index (χ4v) is 4.70. The highest BCUT2D eigenvalue weighted by atomic mass is 16.5. The molecule has 160 valence electrons. The predicted octanol–water partition coefficient (Wildman–Crippen LogP) is 3.67. The molecule has 3 aliphatic heterocycles. The summed E-state index contributed by atoms with van der Waals surface area (Å²) >= 11 is 0. The summed E-state index contributed by atoms with van der Waals surface area (Å²) in [7, 11) is 1.64. The third kappa shape index (κ3) is 3.46. The summed E-state index contributed by atoms with van der Waals surface area (Å²) in [6.45, 7) is 8.45. The molecule has 0 saturated carbocycles. The van der Waals surface area contributed by atoms with Gasteiger partial charge in [-0.25, -0.2) is 4.99 Å². The standard InChI is InChI=1S/C25H27N3O3/c1-25(2)15-17(16-27-11-13-31-14-12-27)20-5-4-6-21-22(24(29)28(25)23(20)21)26-18-7-9-19(30-3)10-8-18/h4-10,15H,11-14,16H2,1-3H3. The summed E-state index contributed by atoms with van der Waals surface area (Å²) < 4.78 is 10.7. The van der Waals surface area contributed by atoms with Gasteiger partial charge in [-0.3, -0.25) is 14.6 Å². The van der Waals surface area contributed by atoms with Crippen molar-refractivity contribution in [2.45, 2.75) is 19.4 Å². The lowest BCUT2D eigenvalue weighted by Crippen LogP contribution is -2.48. The topological polar surface area (TPSA) is 54.4 Å². The van der Waals surface area contributed by atoms with Crippen molar-refractivity contribution in [1.29, 1.82) is 0 Å². The molecule has 1 fully saturated rings. The van der Waals surface area contributed by atoms with Gasteiger partial charge in [-0.15, -0.1) is 0 Å². The Balaban J connectivity index is 1.57. The predicted molar refractivity (Wildman–Crippen MR) is 122 cm³/mol. The normalized spacial score (nSPS) is 21.3. The number of nitrogens with zero attached hydrogens (tertiary/aromatic N) is 3. The Kier molecular flexibility index (Phi) is 4.91. The van der Waals surface area contributed by atoms with Gasteiger partial charge in [0.05, 0.1) is 37.2 Å². The van der Waals surface area contributed by atoms with Crippen molar-refractivity contribution < 1.29 is 14.3 Å². The Morgan fingerprint density at radius 3 is 2.48 bits per heavy atom. The second-order valence-electron chi connectivity index (χ2n) is 8.71. The lowest BCUT2D eigenvalue weighted by Gasteiger charge is -2.40. The van der Waals surface area contributed by atoms with Crippen molar-refractivity contribution in [3.05, 3.63) is 59.7 Å². The van der Waals surface area contributed by atoms with Crippen LogP contribution in [0.2, 0.25) is 0 Å². The molecular weight excluding hydrogens is 390 g/mol. The molecule has 0 unspecified atom stereocenters. The van der Waals surface area contributed by atoms with Gasteiger partial charge in [-0.2, -0.15) is 0 Å². The molecule has 0 spiro atoms. The smallest absolute Gasteiger partial charge is 0.278 e. The molecule has 3 aliphatic rings. The molecule has 3 heterocycles. The highest BCUT2D eigenvalue weighted by molar-refractivity contribution is 6.55. The zero-order valence-electron chi connectivity index (χ0n) is 18.2. The van der Waals surface area contributed by atoms with E-state index in [4.69, 9.17) is 14.5 Å². The van der Waals surface area contributed by atoms with Crippen LogP contribution in [0.1, 0.15) is 25.0 Å². The van der Waals surface area contributed by atoms with Crippen LogP contribution < -0.4 is 9.64 Å². The number of anilines is 1. The molecule has 0 radical (unpaired) electrons. The molecule has 1 saturated heterocycles. The zero-order valence-corrected chi connectivity index (χ0v) is 18.2. The van der Waals surface area contributed by atoms with Gasteiger partial charge < -0.3 is 9.47 Å². The number of ether oxygens (including phenoxy) is 2. The summed E-state index contributed by atoms with van der Waals surface area (Å²) in [4.78, 5) is 22.6. The van der Waals surface area contributed by atoms with Crippen LogP contribution in [0.25, 0.3) is 5.57 Å². The first-order valence-corrected chi connectivity index (χ1v) is 10.7. The highest BCUT2D eigenvalue weighted by Gasteiger charge is 2.45. The van der Waals surface area contributed by atoms with E-state index >= 15 is 0 Å². The summed E-state index contributed by atoms with van der Waals surface area (Å²) in [5.41, 5.74) is 5.07. The van der Waals surface area contributed by atoms with E-state index in [-0.39, 0.29) is 5.91 Å². The fourth-order valence-electron chi connectivity index (χ4n) is 4.70. The Morgan fingerprint density at radius 1 is 1.06 bits per heavy atom. The molecule has 0 aliphatic carbocycles. The van der Waals surface area contributed by atoms with Crippen molar-refractivity contribution in [2.75, 3.05) is 44.9 Å². The van der Waals surface area contributed by atoms with Crippen LogP contribution in [0.3, 0.4) is 0 Å². The van der Waals surface area contributed by atoms with Gasteiger partial charge in [-0.1, -0.05) is 24.3 Å². The Morgan fingerprint density at radius 2 is 1.77 bits per heavy atom. The molecule has 0 aromatic heterocycles. The quantitative estimate of drug-likeness (QED) is 0.762. The number of methoxy groups -OCH3 is 1. The van der Waals surface area contributed by atoms with E-state index in [1.165, 1.54) is 5.57 Å². The van der Waals surface area contributed by atoms with E-state index in [2.05, 4.69) is 30.9 Å². The number of hydrogen-bond donors (Lipinski definition) is 0. The van der Waals surface area contributed by atoms with Gasteiger partial charge in [0, 0.05) is 30.8 Å². The van der Waals surface area contributed by atoms with Gasteiger partial charge in [0.1, 0.15) is 11.5 Å². The van der Waals surface area contributed by atoms with E-state index in [1.54, 1.807) is 7.11 Å². The van der Waals surface area contributed by atoms with Crippen LogP contribution in [0, 0.1) is 0 Å². The number of carbonyl (C=O) groups excluding carboxylic acids is 1. The summed E-state index contributed by atoms with van der Waals surface area (Å²) in [5.74, 6) is 0.715. The van der Waals surface area contributed by atoms with E-state index in [0.717, 1.165) is 61.1 Å². The second-order valence-corrected chi connectivity index (χ2v) is 8.71. The number of carbonyl (C=O) groups is 1. The average Bonchev–Trinajstić information content (AvgIpc) is 3.06. The van der Waals surface area contributed by atoms with Crippen molar-refractivity contribution >= 4 is 28.6 Å². The largest absolute Gasteiger partial charge is 0.497 e. The van der Waals surface area contributed by atoms with Crippen LogP contribution in [0.15, 0.2) is 53.5 Å². The number of rotatable bonds is 4. The minimum absolute atomic E-state index is 0.0510. The van der Waals surface area contributed by atoms with Crippen molar-refractivity contribution in [2.24, 2.45) is 4.99 Å². The van der Waals surface area contributed by atoms with E-state index < -0.39 is 5.54 Å². The van der Waals surface area contributed by atoms with E-state index in [1.807, 2.05) is 41.3 Å². The fraction of sp³-hybridized carbons (Fsp3) is 0.360. The summed E-state index contributed by atoms with van der Waals surface area (Å²) in [6.07, 6.45) is 2.24. The highest BCUT2D eigenvalue weighted by Crippen LogP contribution is 2.46. The van der Waals surface area contributed by atoms with Crippen LogP contribution in [-0.2, 0) is 9.53 Å². The van der Waals surface area contributed by atoms with Gasteiger partial charge >= 0.3 is 0 Å². The number of benzene rings is 2. The van der Waals surface area contributed by atoms with Crippen LogP contribution in [0.4, 0.5) is 11.4 Å². The average molecular weight is 418 g/mol. The van der Waals surface area contributed by atoms with Crippen LogP contribution >= 0.6 is 0 Å². The third-order valence-corrected chi connectivity index (χ3v) is 6.18. The molecule has 6 heteroatoms. The minimum atomic E-state index is -0.432. The summed E-state index contributed by atoms with van der Waals surface area (Å²) in [5, 5.41) is 0. The Hall–Kier alpha value is -2.96. The van der Waals surface area contributed by atoms with Crippen LogP contribution in [-0.4, -0.2) is 62.0 Å². The maximum absolute atomic E-state index is 13.5. The van der Waals surface area contributed by atoms with Gasteiger partial charge in [0.2, 0.25) is 0 Å². The van der Waals surface area contributed by atoms with Crippen molar-refractivity contribution in [1.82, 2.24) is 4.90 Å². The molecule has 6 nitrogen and oxygen atoms in total. The van der Waals surface area contributed by atoms with Crippen molar-refractivity contribution in [3.8, 4) is 5.75 Å². The molecule has 5 rings (SSSR count). The first kappa shape index (κ1) is 20.0. The first-order valence-electron chi connectivity index (χ1n) is 10.7. The molecule has 1 amide bonds. The van der Waals surface area contributed by atoms with E-state index in [9.17, 15) is 4.79 Å².